The van der Waals surface area contributed by atoms with Crippen molar-refractivity contribution < 1.29 is 18.7 Å². The second-order valence-electron chi connectivity index (χ2n) is 8.36. The molecule has 1 aliphatic carbocycles. The Kier molecular flexibility index (Phi) is 5.75. The minimum absolute atomic E-state index is 0.0778. The molecular weight excluding hydrogens is 383 g/mol. The topological polar surface area (TPSA) is 49.9 Å². The Hall–Kier alpha value is -2.89. The number of halogens is 1. The third-order valence-corrected chi connectivity index (χ3v) is 6.00. The number of rotatable bonds is 1. The molecule has 6 heteroatoms. The summed E-state index contributed by atoms with van der Waals surface area (Å²) in [4.78, 5) is 29.4. The van der Waals surface area contributed by atoms with Gasteiger partial charge in [-0.2, -0.15) is 0 Å². The highest BCUT2D eigenvalue weighted by Gasteiger charge is 2.52. The molecule has 2 bridgehead atoms. The minimum Gasteiger partial charge on any atom is -0.492 e. The van der Waals surface area contributed by atoms with Gasteiger partial charge in [0.2, 0.25) is 5.91 Å². The SMILES string of the molecule is CN1CCCCN(C(=O)c2ccccc2F)Cc2cccc(c2)OCC2(CC2)C1=O. The van der Waals surface area contributed by atoms with Crippen LogP contribution in [0.4, 0.5) is 4.39 Å². The van der Waals surface area contributed by atoms with Crippen molar-refractivity contribution in [3.63, 3.8) is 0 Å². The van der Waals surface area contributed by atoms with Crippen LogP contribution in [-0.2, 0) is 11.3 Å². The van der Waals surface area contributed by atoms with Crippen LogP contribution in [0.25, 0.3) is 0 Å². The van der Waals surface area contributed by atoms with Crippen molar-refractivity contribution in [1.29, 1.82) is 0 Å². The molecule has 0 saturated heterocycles. The van der Waals surface area contributed by atoms with E-state index >= 15 is 0 Å². The Labute approximate surface area is 176 Å². The highest BCUT2D eigenvalue weighted by atomic mass is 19.1. The second kappa shape index (κ2) is 8.46. The van der Waals surface area contributed by atoms with Crippen LogP contribution in [-0.4, -0.2) is 48.4 Å². The predicted molar refractivity (Wildman–Crippen MR) is 112 cm³/mol. The summed E-state index contributed by atoms with van der Waals surface area (Å²) in [5.74, 6) is -0.0217. The van der Waals surface area contributed by atoms with Crippen LogP contribution in [0, 0.1) is 11.2 Å². The highest BCUT2D eigenvalue weighted by Crippen LogP contribution is 2.47. The summed E-state index contributed by atoms with van der Waals surface area (Å²) in [6.07, 6.45) is 3.24. The van der Waals surface area contributed by atoms with Crippen LogP contribution >= 0.6 is 0 Å². The van der Waals surface area contributed by atoms with Gasteiger partial charge in [-0.1, -0.05) is 24.3 Å². The minimum atomic E-state index is -0.515. The first-order valence-electron chi connectivity index (χ1n) is 10.5. The van der Waals surface area contributed by atoms with E-state index in [0.29, 0.717) is 32.0 Å². The Morgan fingerprint density at radius 3 is 2.60 bits per heavy atom. The van der Waals surface area contributed by atoms with Crippen LogP contribution in [0.2, 0.25) is 0 Å². The molecule has 0 N–H and O–H groups in total. The molecule has 2 aliphatic rings. The molecule has 5 nitrogen and oxygen atoms in total. The molecule has 158 valence electrons. The van der Waals surface area contributed by atoms with Gasteiger partial charge in [-0.05, 0) is 55.5 Å². The zero-order valence-electron chi connectivity index (χ0n) is 17.3. The number of nitrogens with zero attached hydrogens (tertiary/aromatic N) is 2. The first-order valence-corrected chi connectivity index (χ1v) is 10.5. The number of ether oxygens (including phenoxy) is 1. The fraction of sp³-hybridized carbons (Fsp3) is 0.417. The lowest BCUT2D eigenvalue weighted by Gasteiger charge is -2.27. The molecule has 1 spiro atoms. The molecule has 1 aliphatic heterocycles. The summed E-state index contributed by atoms with van der Waals surface area (Å²) in [5, 5.41) is 0. The quantitative estimate of drug-likeness (QED) is 0.717. The third kappa shape index (κ3) is 4.32. The first kappa shape index (κ1) is 20.4. The number of fused-ring (bicyclic) bond motifs is 2. The Balaban J connectivity index is 1.59. The van der Waals surface area contributed by atoms with Gasteiger partial charge in [0.05, 0.1) is 11.0 Å². The number of carbonyl (C=O) groups excluding carboxylic acids is 2. The van der Waals surface area contributed by atoms with E-state index in [2.05, 4.69) is 0 Å². The fourth-order valence-electron chi connectivity index (χ4n) is 3.96. The molecule has 1 fully saturated rings. The Bertz CT molecular complexity index is 942. The van der Waals surface area contributed by atoms with Crippen molar-refractivity contribution in [3.05, 3.63) is 65.5 Å². The monoisotopic (exact) mass is 410 g/mol. The fourth-order valence-corrected chi connectivity index (χ4v) is 3.96. The molecule has 2 amide bonds. The van der Waals surface area contributed by atoms with Gasteiger partial charge in [0.15, 0.2) is 0 Å². The lowest BCUT2D eigenvalue weighted by molar-refractivity contribution is -0.136. The van der Waals surface area contributed by atoms with Crippen LogP contribution in [0.3, 0.4) is 0 Å². The zero-order chi connectivity index (χ0) is 21.1. The average Bonchev–Trinajstić information content (AvgIpc) is 3.54. The van der Waals surface area contributed by atoms with E-state index in [1.807, 2.05) is 31.3 Å². The third-order valence-electron chi connectivity index (χ3n) is 6.00. The molecule has 2 aromatic carbocycles. The van der Waals surface area contributed by atoms with E-state index in [0.717, 1.165) is 31.2 Å². The largest absolute Gasteiger partial charge is 0.492 e. The number of carbonyl (C=O) groups is 2. The van der Waals surface area contributed by atoms with Gasteiger partial charge < -0.3 is 14.5 Å². The van der Waals surface area contributed by atoms with E-state index in [-0.39, 0.29) is 22.8 Å². The number of hydrogen-bond donors (Lipinski definition) is 0. The normalized spacial score (nSPS) is 19.2. The van der Waals surface area contributed by atoms with Gasteiger partial charge in [-0.3, -0.25) is 9.59 Å². The van der Waals surface area contributed by atoms with E-state index in [1.54, 1.807) is 21.9 Å². The van der Waals surface area contributed by atoms with Crippen LogP contribution in [0.1, 0.15) is 41.6 Å². The molecule has 0 radical (unpaired) electrons. The van der Waals surface area contributed by atoms with Gasteiger partial charge in [0.25, 0.3) is 5.91 Å². The maximum absolute atomic E-state index is 14.2. The standard InChI is InChI=1S/C24H27FN2O3/c1-26-13-4-5-14-27(22(28)20-9-2-3-10-21(20)25)16-18-7-6-8-19(15-18)30-17-24(11-12-24)23(26)29/h2-3,6-10,15H,4-5,11-14,16-17H2,1H3. The Morgan fingerprint density at radius 2 is 1.83 bits per heavy atom. The van der Waals surface area contributed by atoms with E-state index in [9.17, 15) is 14.0 Å². The van der Waals surface area contributed by atoms with E-state index in [1.165, 1.54) is 12.1 Å². The average molecular weight is 410 g/mol. The van der Waals surface area contributed by atoms with Crippen molar-refractivity contribution in [2.24, 2.45) is 5.41 Å². The summed E-state index contributed by atoms with van der Waals surface area (Å²) in [6, 6.07) is 13.7. The van der Waals surface area contributed by atoms with Gasteiger partial charge in [-0.25, -0.2) is 4.39 Å². The van der Waals surface area contributed by atoms with Crippen molar-refractivity contribution >= 4 is 11.8 Å². The van der Waals surface area contributed by atoms with Crippen molar-refractivity contribution in [2.75, 3.05) is 26.7 Å². The molecule has 30 heavy (non-hydrogen) atoms. The number of amides is 2. The second-order valence-corrected chi connectivity index (χ2v) is 8.36. The maximum atomic E-state index is 14.2. The van der Waals surface area contributed by atoms with Crippen LogP contribution < -0.4 is 4.74 Å². The van der Waals surface area contributed by atoms with Gasteiger partial charge in [0, 0.05) is 26.7 Å². The first-order chi connectivity index (χ1) is 14.5. The molecule has 4 rings (SSSR count). The summed E-state index contributed by atoms with van der Waals surface area (Å²) in [7, 11) is 1.83. The van der Waals surface area contributed by atoms with E-state index in [4.69, 9.17) is 4.74 Å². The summed E-state index contributed by atoms with van der Waals surface area (Å²) in [5.41, 5.74) is 0.610. The van der Waals surface area contributed by atoms with Crippen LogP contribution in [0.5, 0.6) is 5.75 Å². The van der Waals surface area contributed by atoms with Gasteiger partial charge in [-0.15, -0.1) is 0 Å². The van der Waals surface area contributed by atoms with Gasteiger partial charge >= 0.3 is 0 Å². The molecule has 2 aromatic rings. The van der Waals surface area contributed by atoms with Crippen molar-refractivity contribution in [2.45, 2.75) is 32.2 Å². The maximum Gasteiger partial charge on any atom is 0.257 e. The molecule has 1 saturated carbocycles. The molecule has 0 atom stereocenters. The highest BCUT2D eigenvalue weighted by molar-refractivity contribution is 5.94. The zero-order valence-corrected chi connectivity index (χ0v) is 17.3. The molecule has 0 aromatic heterocycles. The molecule has 1 heterocycles. The number of hydrogen-bond acceptors (Lipinski definition) is 3. The molecule has 0 unspecified atom stereocenters. The van der Waals surface area contributed by atoms with E-state index < -0.39 is 5.82 Å². The number of benzene rings is 2. The lowest BCUT2D eigenvalue weighted by Crippen LogP contribution is -2.38. The smallest absolute Gasteiger partial charge is 0.257 e. The van der Waals surface area contributed by atoms with Crippen molar-refractivity contribution in [3.8, 4) is 5.75 Å². The summed E-state index contributed by atoms with van der Waals surface area (Å²) < 4.78 is 20.2. The predicted octanol–water partition coefficient (Wildman–Crippen LogP) is 3.88. The van der Waals surface area contributed by atoms with Crippen molar-refractivity contribution in [1.82, 2.24) is 9.80 Å². The lowest BCUT2D eigenvalue weighted by atomic mass is 10.1. The summed E-state index contributed by atoms with van der Waals surface area (Å²) in [6.45, 7) is 1.88. The molecular formula is C24H27FN2O3. The van der Waals surface area contributed by atoms with Crippen LogP contribution in [0.15, 0.2) is 48.5 Å². The Morgan fingerprint density at radius 1 is 1.07 bits per heavy atom. The van der Waals surface area contributed by atoms with Gasteiger partial charge in [0.1, 0.15) is 18.2 Å². The summed E-state index contributed by atoms with van der Waals surface area (Å²) >= 11 is 0.